The highest BCUT2D eigenvalue weighted by Gasteiger charge is 2.23. The van der Waals surface area contributed by atoms with E-state index in [1.807, 2.05) is 66.7 Å². The number of rotatable bonds is 4. The van der Waals surface area contributed by atoms with Crippen LogP contribution in [0.1, 0.15) is 0 Å². The van der Waals surface area contributed by atoms with E-state index in [1.54, 1.807) is 0 Å². The molecular formula is C43H26N4O. The van der Waals surface area contributed by atoms with Crippen LogP contribution in [0.5, 0.6) is 0 Å². The number of hydrogen-bond donors (Lipinski definition) is 0. The first kappa shape index (κ1) is 26.6. The molecule has 0 aliphatic carbocycles. The average Bonchev–Trinajstić information content (AvgIpc) is 3.73. The van der Waals surface area contributed by atoms with E-state index in [1.165, 1.54) is 21.5 Å². The van der Waals surface area contributed by atoms with Crippen molar-refractivity contribution in [1.29, 1.82) is 0 Å². The number of fused-ring (bicyclic) bond motifs is 10. The summed E-state index contributed by atoms with van der Waals surface area (Å²) in [5.74, 6) is 1.89. The number of nitrogens with zero attached hydrogens (tertiary/aromatic N) is 4. The summed E-state index contributed by atoms with van der Waals surface area (Å²) in [5.41, 5.74) is 7.69. The Kier molecular flexibility index (Phi) is 5.81. The van der Waals surface area contributed by atoms with Gasteiger partial charge in [-0.05, 0) is 35.0 Å². The predicted molar refractivity (Wildman–Crippen MR) is 195 cm³/mol. The van der Waals surface area contributed by atoms with E-state index >= 15 is 0 Å². The second-order valence-electron chi connectivity index (χ2n) is 12.0. The van der Waals surface area contributed by atoms with E-state index < -0.39 is 0 Å². The standard InChI is InChI=1S/C43H26N4O/c1-3-14-27(15-4-1)41-44-42(28-16-5-2-6-17-28)46-43(45-41)29-18-13-19-30(26-29)47-35-24-11-9-22-33(35)37-31-20-7-8-21-32(31)38-34-23-10-12-25-36(34)48-40(38)39(37)47/h1-26H. The van der Waals surface area contributed by atoms with Gasteiger partial charge in [-0.2, -0.15) is 0 Å². The number of hydrogen-bond acceptors (Lipinski definition) is 4. The van der Waals surface area contributed by atoms with Gasteiger partial charge in [-0.15, -0.1) is 0 Å². The molecule has 0 unspecified atom stereocenters. The van der Waals surface area contributed by atoms with E-state index in [0.717, 1.165) is 55.3 Å². The summed E-state index contributed by atoms with van der Waals surface area (Å²) in [6.07, 6.45) is 0. The Morgan fingerprint density at radius 3 is 1.62 bits per heavy atom. The number of para-hydroxylation sites is 2. The van der Waals surface area contributed by atoms with E-state index in [0.29, 0.717) is 17.5 Å². The van der Waals surface area contributed by atoms with Gasteiger partial charge in [0.15, 0.2) is 23.1 Å². The van der Waals surface area contributed by atoms with Gasteiger partial charge in [0.2, 0.25) is 0 Å². The molecule has 5 heteroatoms. The molecule has 0 N–H and O–H groups in total. The zero-order valence-electron chi connectivity index (χ0n) is 25.7. The molecule has 0 aliphatic rings. The highest BCUT2D eigenvalue weighted by molar-refractivity contribution is 6.35. The maximum absolute atomic E-state index is 6.76. The van der Waals surface area contributed by atoms with Crippen LogP contribution in [0.15, 0.2) is 162 Å². The van der Waals surface area contributed by atoms with Crippen LogP contribution in [0, 0.1) is 0 Å². The van der Waals surface area contributed by atoms with Crippen LogP contribution in [0.25, 0.3) is 94.4 Å². The van der Waals surface area contributed by atoms with Gasteiger partial charge in [0.25, 0.3) is 0 Å². The molecular weight excluding hydrogens is 589 g/mol. The first-order valence-electron chi connectivity index (χ1n) is 16.0. The Morgan fingerprint density at radius 1 is 0.417 bits per heavy atom. The molecule has 3 aromatic heterocycles. The van der Waals surface area contributed by atoms with Crippen molar-refractivity contribution < 1.29 is 4.42 Å². The molecule has 5 nitrogen and oxygen atoms in total. The van der Waals surface area contributed by atoms with Crippen LogP contribution < -0.4 is 0 Å². The van der Waals surface area contributed by atoms with Gasteiger partial charge in [-0.25, -0.2) is 15.0 Å². The minimum Gasteiger partial charge on any atom is -0.454 e. The van der Waals surface area contributed by atoms with E-state index in [9.17, 15) is 0 Å². The average molecular weight is 615 g/mol. The Balaban J connectivity index is 1.28. The molecule has 3 heterocycles. The fourth-order valence-corrected chi connectivity index (χ4v) is 7.12. The van der Waals surface area contributed by atoms with Gasteiger partial charge in [-0.1, -0.05) is 133 Å². The first-order valence-corrected chi connectivity index (χ1v) is 16.0. The fraction of sp³-hybridized carbons (Fsp3) is 0. The Hall–Kier alpha value is -6.59. The van der Waals surface area contributed by atoms with Crippen molar-refractivity contribution in [3.8, 4) is 39.9 Å². The third-order valence-electron chi connectivity index (χ3n) is 9.21. The van der Waals surface area contributed by atoms with Gasteiger partial charge in [0.05, 0.1) is 11.0 Å². The normalized spacial score (nSPS) is 11.8. The second kappa shape index (κ2) is 10.5. The van der Waals surface area contributed by atoms with Crippen molar-refractivity contribution in [3.05, 3.63) is 158 Å². The molecule has 10 rings (SSSR count). The molecule has 224 valence electrons. The molecule has 0 saturated heterocycles. The van der Waals surface area contributed by atoms with Crippen LogP contribution in [-0.2, 0) is 0 Å². The smallest absolute Gasteiger partial charge is 0.164 e. The lowest BCUT2D eigenvalue weighted by molar-refractivity contribution is 0.671. The van der Waals surface area contributed by atoms with Gasteiger partial charge in [-0.3, -0.25) is 0 Å². The van der Waals surface area contributed by atoms with Crippen molar-refractivity contribution >= 4 is 54.5 Å². The highest BCUT2D eigenvalue weighted by Crippen LogP contribution is 2.45. The SMILES string of the molecule is c1ccc(-c2nc(-c3ccccc3)nc(-c3cccc(-n4c5ccccc5c5c6ccccc6c6c7ccccc7oc6c54)c3)n2)cc1. The molecule has 0 saturated carbocycles. The number of furan rings is 1. The topological polar surface area (TPSA) is 56.7 Å². The Labute approximate surface area is 275 Å². The molecule has 7 aromatic carbocycles. The Morgan fingerprint density at radius 2 is 0.938 bits per heavy atom. The maximum Gasteiger partial charge on any atom is 0.164 e. The third-order valence-corrected chi connectivity index (χ3v) is 9.21. The summed E-state index contributed by atoms with van der Waals surface area (Å²) in [4.78, 5) is 14.9. The van der Waals surface area contributed by atoms with E-state index in [2.05, 4.69) is 95.6 Å². The fourth-order valence-electron chi connectivity index (χ4n) is 7.12. The monoisotopic (exact) mass is 614 g/mol. The molecule has 48 heavy (non-hydrogen) atoms. The lowest BCUT2D eigenvalue weighted by Gasteiger charge is -2.12. The third kappa shape index (κ3) is 4.01. The van der Waals surface area contributed by atoms with Crippen LogP contribution in [0.2, 0.25) is 0 Å². The van der Waals surface area contributed by atoms with E-state index in [-0.39, 0.29) is 0 Å². The minimum absolute atomic E-state index is 0.615. The van der Waals surface area contributed by atoms with Gasteiger partial charge >= 0.3 is 0 Å². The molecule has 0 bridgehead atoms. The molecule has 0 radical (unpaired) electrons. The van der Waals surface area contributed by atoms with Crippen molar-refractivity contribution in [2.75, 3.05) is 0 Å². The lowest BCUT2D eigenvalue weighted by atomic mass is 9.99. The van der Waals surface area contributed by atoms with Crippen LogP contribution in [0.3, 0.4) is 0 Å². The predicted octanol–water partition coefficient (Wildman–Crippen LogP) is 11.0. The molecule has 0 fully saturated rings. The van der Waals surface area contributed by atoms with Crippen LogP contribution in [0.4, 0.5) is 0 Å². The zero-order chi connectivity index (χ0) is 31.6. The zero-order valence-corrected chi connectivity index (χ0v) is 25.7. The Bertz CT molecular complexity index is 2780. The quantitative estimate of drug-likeness (QED) is 0.198. The second-order valence-corrected chi connectivity index (χ2v) is 12.0. The van der Waals surface area contributed by atoms with Crippen molar-refractivity contribution in [2.45, 2.75) is 0 Å². The maximum atomic E-state index is 6.76. The lowest BCUT2D eigenvalue weighted by Crippen LogP contribution is -2.01. The minimum atomic E-state index is 0.615. The molecule has 0 aliphatic heterocycles. The van der Waals surface area contributed by atoms with E-state index in [4.69, 9.17) is 19.4 Å². The summed E-state index contributed by atoms with van der Waals surface area (Å²) in [7, 11) is 0. The van der Waals surface area contributed by atoms with Gasteiger partial charge in [0.1, 0.15) is 5.58 Å². The summed E-state index contributed by atoms with van der Waals surface area (Å²) in [6, 6.07) is 54.2. The van der Waals surface area contributed by atoms with Crippen LogP contribution >= 0.6 is 0 Å². The van der Waals surface area contributed by atoms with Gasteiger partial charge in [0, 0.05) is 43.9 Å². The molecule has 0 spiro atoms. The summed E-state index contributed by atoms with van der Waals surface area (Å²) < 4.78 is 9.09. The largest absolute Gasteiger partial charge is 0.454 e. The first-order chi connectivity index (χ1) is 23.8. The highest BCUT2D eigenvalue weighted by atomic mass is 16.3. The van der Waals surface area contributed by atoms with Crippen molar-refractivity contribution in [1.82, 2.24) is 19.5 Å². The molecule has 0 atom stereocenters. The summed E-state index contributed by atoms with van der Waals surface area (Å²) in [5, 5.41) is 6.99. The molecule has 10 aromatic rings. The molecule has 0 amide bonds. The van der Waals surface area contributed by atoms with Crippen molar-refractivity contribution in [2.24, 2.45) is 0 Å². The summed E-state index contributed by atoms with van der Waals surface area (Å²) >= 11 is 0. The van der Waals surface area contributed by atoms with Gasteiger partial charge < -0.3 is 8.98 Å². The number of benzene rings is 7. The summed E-state index contributed by atoms with van der Waals surface area (Å²) in [6.45, 7) is 0. The van der Waals surface area contributed by atoms with Crippen molar-refractivity contribution in [3.63, 3.8) is 0 Å². The number of aromatic nitrogens is 4. The van der Waals surface area contributed by atoms with Crippen LogP contribution in [-0.4, -0.2) is 19.5 Å².